The second kappa shape index (κ2) is 4.32. The van der Waals surface area contributed by atoms with E-state index in [1.54, 1.807) is 12.1 Å². The summed E-state index contributed by atoms with van der Waals surface area (Å²) in [5.41, 5.74) is 5.58. The molecule has 0 saturated carbocycles. The summed E-state index contributed by atoms with van der Waals surface area (Å²) in [6.45, 7) is 0. The average Bonchev–Trinajstić information content (AvgIpc) is 1.88. The molecular weight excluding hydrogens is 242 g/mol. The van der Waals surface area contributed by atoms with Crippen molar-refractivity contribution < 1.29 is 37.2 Å². The van der Waals surface area contributed by atoms with Gasteiger partial charge in [0.25, 0.3) is 0 Å². The van der Waals surface area contributed by atoms with Gasteiger partial charge in [0.15, 0.2) is 0 Å². The fourth-order valence-electron chi connectivity index (χ4n) is 0.683. The molecule has 3 nitrogen and oxygen atoms in total. The molecule has 0 atom stereocenters. The number of nitrogens with two attached hydrogens (primary N) is 1. The van der Waals surface area contributed by atoms with E-state index in [2.05, 4.69) is 0 Å². The van der Waals surface area contributed by atoms with Crippen LogP contribution in [0, 0.1) is 0 Å². The zero-order valence-electron chi connectivity index (χ0n) is 5.91. The Bertz CT molecular complexity index is 262. The van der Waals surface area contributed by atoms with Gasteiger partial charge in [-0.05, 0) is 6.07 Å². The third-order valence-corrected chi connectivity index (χ3v) is 1.18. The molecule has 0 spiro atoms. The molecule has 0 aliphatic rings. The fraction of sp³-hybridized carbons (Fsp3) is 0. The zero-order chi connectivity index (χ0) is 7.56. The minimum Gasteiger partial charge on any atom is -0.545 e. The molecule has 0 bridgehead atoms. The number of carbonyl (C=O) groups is 1. The molecule has 1 aromatic carbocycles. The number of nitrogen functional groups attached to an aromatic ring is 1. The Morgan fingerprint density at radius 1 is 1.36 bits per heavy atom. The van der Waals surface area contributed by atoms with E-state index in [-0.39, 0.29) is 38.5 Å². The molecular formula is C7H6CdNO2-. The summed E-state index contributed by atoms with van der Waals surface area (Å²) in [5.74, 6) is -1.24. The van der Waals surface area contributed by atoms with Crippen molar-refractivity contribution in [3.63, 3.8) is 0 Å². The molecule has 0 aromatic heterocycles. The van der Waals surface area contributed by atoms with Crippen LogP contribution >= 0.6 is 0 Å². The SMILES string of the molecule is Nc1ccccc1C(=O)[O-].[Cd]. The van der Waals surface area contributed by atoms with Crippen LogP contribution in [0.4, 0.5) is 5.69 Å². The number of benzene rings is 1. The normalized spacial score (nSPS) is 8.36. The van der Waals surface area contributed by atoms with Crippen LogP contribution in [0.25, 0.3) is 0 Å². The molecule has 0 aliphatic heterocycles. The van der Waals surface area contributed by atoms with Crippen LogP contribution in [-0.2, 0) is 27.3 Å². The van der Waals surface area contributed by atoms with Crippen LogP contribution in [0.1, 0.15) is 10.4 Å². The van der Waals surface area contributed by atoms with E-state index in [1.165, 1.54) is 12.1 Å². The number of carboxylic acid groups (broad SMARTS) is 1. The second-order valence-corrected chi connectivity index (χ2v) is 1.87. The van der Waals surface area contributed by atoms with Gasteiger partial charge in [-0.1, -0.05) is 18.2 Å². The molecule has 0 radical (unpaired) electrons. The van der Waals surface area contributed by atoms with Crippen molar-refractivity contribution in [2.45, 2.75) is 0 Å². The number of rotatable bonds is 1. The summed E-state index contributed by atoms with van der Waals surface area (Å²) in [4.78, 5) is 10.2. The van der Waals surface area contributed by atoms with Gasteiger partial charge in [0.2, 0.25) is 0 Å². The maximum absolute atomic E-state index is 10.2. The number of hydrogen-bond acceptors (Lipinski definition) is 3. The first-order chi connectivity index (χ1) is 4.72. The van der Waals surface area contributed by atoms with Gasteiger partial charge in [0, 0.05) is 38.5 Å². The number of aromatic carboxylic acids is 1. The van der Waals surface area contributed by atoms with Gasteiger partial charge in [0.05, 0.1) is 5.97 Å². The fourth-order valence-corrected chi connectivity index (χ4v) is 0.683. The zero-order valence-corrected chi connectivity index (χ0v) is 9.95. The first-order valence-corrected chi connectivity index (χ1v) is 2.77. The molecule has 0 saturated heterocycles. The predicted octanol–water partition coefficient (Wildman–Crippen LogP) is -0.370. The van der Waals surface area contributed by atoms with Crippen molar-refractivity contribution >= 4 is 11.7 Å². The number of para-hydroxylation sites is 1. The Hall–Kier alpha value is -0.588. The van der Waals surface area contributed by atoms with Gasteiger partial charge >= 0.3 is 0 Å². The summed E-state index contributed by atoms with van der Waals surface area (Å²) in [5, 5.41) is 10.2. The standard InChI is InChI=1S/C7H7NO2.Cd/c8-6-4-2-1-3-5(6)7(9)10;/h1-4H,8H2,(H,9,10);/p-1. The van der Waals surface area contributed by atoms with E-state index in [9.17, 15) is 9.90 Å². The summed E-state index contributed by atoms with van der Waals surface area (Å²) in [6.07, 6.45) is 0. The van der Waals surface area contributed by atoms with E-state index < -0.39 is 5.97 Å². The Morgan fingerprint density at radius 3 is 2.27 bits per heavy atom. The van der Waals surface area contributed by atoms with E-state index in [1.807, 2.05) is 0 Å². The molecule has 0 amide bonds. The van der Waals surface area contributed by atoms with E-state index in [4.69, 9.17) is 5.73 Å². The second-order valence-electron chi connectivity index (χ2n) is 1.87. The first kappa shape index (κ1) is 10.4. The molecule has 4 heteroatoms. The maximum Gasteiger partial charge on any atom is 0.0735 e. The smallest absolute Gasteiger partial charge is 0.0735 e. The van der Waals surface area contributed by atoms with Gasteiger partial charge in [-0.2, -0.15) is 0 Å². The molecule has 0 heterocycles. The van der Waals surface area contributed by atoms with Crippen LogP contribution in [-0.4, -0.2) is 5.97 Å². The van der Waals surface area contributed by atoms with E-state index in [0.717, 1.165) is 0 Å². The number of hydrogen-bond donors (Lipinski definition) is 1. The number of anilines is 1. The molecule has 0 fully saturated rings. The van der Waals surface area contributed by atoms with Crippen LogP contribution in [0.15, 0.2) is 24.3 Å². The Balaban J connectivity index is 0.000001000. The minimum absolute atomic E-state index is 0. The predicted molar refractivity (Wildman–Crippen MR) is 35.2 cm³/mol. The van der Waals surface area contributed by atoms with Crippen molar-refractivity contribution in [2.75, 3.05) is 5.73 Å². The largest absolute Gasteiger partial charge is 0.545 e. The molecule has 1 aromatic rings. The molecule has 0 unspecified atom stereocenters. The van der Waals surface area contributed by atoms with Crippen molar-refractivity contribution in [1.29, 1.82) is 0 Å². The van der Waals surface area contributed by atoms with Crippen LogP contribution in [0.3, 0.4) is 0 Å². The molecule has 1 rings (SSSR count). The Labute approximate surface area is 84.4 Å². The van der Waals surface area contributed by atoms with Crippen molar-refractivity contribution in [3.05, 3.63) is 29.8 Å². The monoisotopic (exact) mass is 250 g/mol. The Kier molecular flexibility index (Phi) is 4.09. The van der Waals surface area contributed by atoms with Gasteiger partial charge in [0.1, 0.15) is 0 Å². The third-order valence-electron chi connectivity index (χ3n) is 1.18. The van der Waals surface area contributed by atoms with Crippen molar-refractivity contribution in [1.82, 2.24) is 0 Å². The number of carboxylic acids is 1. The van der Waals surface area contributed by atoms with Crippen molar-refractivity contribution in [2.24, 2.45) is 0 Å². The summed E-state index contributed by atoms with van der Waals surface area (Å²) in [7, 11) is 0. The summed E-state index contributed by atoms with van der Waals surface area (Å²) < 4.78 is 0. The first-order valence-electron chi connectivity index (χ1n) is 2.77. The molecule has 54 valence electrons. The maximum atomic E-state index is 10.2. The number of carbonyl (C=O) groups excluding carboxylic acids is 1. The van der Waals surface area contributed by atoms with Crippen LogP contribution in [0.5, 0.6) is 0 Å². The van der Waals surface area contributed by atoms with E-state index in [0.29, 0.717) is 0 Å². The van der Waals surface area contributed by atoms with Gasteiger partial charge in [-0.3, -0.25) is 0 Å². The van der Waals surface area contributed by atoms with E-state index >= 15 is 0 Å². The molecule has 11 heavy (non-hydrogen) atoms. The van der Waals surface area contributed by atoms with Crippen molar-refractivity contribution in [3.8, 4) is 0 Å². The van der Waals surface area contributed by atoms with Gasteiger partial charge in [-0.15, -0.1) is 0 Å². The quantitative estimate of drug-likeness (QED) is 0.545. The topological polar surface area (TPSA) is 66.2 Å². The third kappa shape index (κ3) is 2.49. The summed E-state index contributed by atoms with van der Waals surface area (Å²) >= 11 is 0. The van der Waals surface area contributed by atoms with Crippen LogP contribution < -0.4 is 10.8 Å². The molecule has 2 N–H and O–H groups in total. The molecule has 0 aliphatic carbocycles. The average molecular weight is 249 g/mol. The van der Waals surface area contributed by atoms with Gasteiger partial charge < -0.3 is 15.6 Å². The Morgan fingerprint density at radius 2 is 1.91 bits per heavy atom. The van der Waals surface area contributed by atoms with Crippen LogP contribution in [0.2, 0.25) is 0 Å². The van der Waals surface area contributed by atoms with Gasteiger partial charge in [-0.25, -0.2) is 0 Å². The summed E-state index contributed by atoms with van der Waals surface area (Å²) in [6, 6.07) is 6.19. The minimum atomic E-state index is -1.24.